The lowest BCUT2D eigenvalue weighted by Crippen LogP contribution is -2.43. The summed E-state index contributed by atoms with van der Waals surface area (Å²) in [5, 5.41) is 15.7. The Morgan fingerprint density at radius 2 is 2.12 bits per heavy atom. The van der Waals surface area contributed by atoms with Gasteiger partial charge >= 0.3 is 13.6 Å². The zero-order valence-electron chi connectivity index (χ0n) is 9.11. The number of guanidine groups is 1. The Morgan fingerprint density at radius 1 is 1.59 bits per heavy atom. The fourth-order valence-corrected chi connectivity index (χ4v) is 2.12. The van der Waals surface area contributed by atoms with Crippen LogP contribution in [0.3, 0.4) is 0 Å². The van der Waals surface area contributed by atoms with Crippen LogP contribution in [0.2, 0.25) is 0 Å². The van der Waals surface area contributed by atoms with E-state index < -0.39 is 25.3 Å². The molecule has 6 N–H and O–H groups in total. The van der Waals surface area contributed by atoms with Crippen LogP contribution < -0.4 is 5.73 Å². The molecule has 0 amide bonds. The van der Waals surface area contributed by atoms with Crippen LogP contribution in [0.15, 0.2) is 12.7 Å². The molecule has 0 rings (SSSR count). The number of hydrogen-bond acceptors (Lipinski definition) is 3. The van der Waals surface area contributed by atoms with Gasteiger partial charge < -0.3 is 25.5 Å². The van der Waals surface area contributed by atoms with Crippen molar-refractivity contribution in [3.63, 3.8) is 0 Å². The normalized spacial score (nSPS) is 12.8. The first-order chi connectivity index (χ1) is 7.70. The van der Waals surface area contributed by atoms with Gasteiger partial charge in [-0.15, -0.1) is 6.58 Å². The summed E-state index contributed by atoms with van der Waals surface area (Å²) in [6, 6.07) is 0. The Morgan fingerprint density at radius 3 is 2.41 bits per heavy atom. The molecule has 0 bridgehead atoms. The molecule has 0 saturated heterocycles. The molecule has 0 aliphatic carbocycles. The Labute approximate surface area is 98.4 Å². The minimum atomic E-state index is -4.51. The van der Waals surface area contributed by atoms with Gasteiger partial charge in [-0.25, -0.2) is 0 Å². The van der Waals surface area contributed by atoms with E-state index in [1.807, 2.05) is 0 Å². The number of nitrogens with one attached hydrogen (secondary N) is 1. The van der Waals surface area contributed by atoms with Gasteiger partial charge in [-0.3, -0.25) is 14.8 Å². The SMILES string of the molecule is C=CC(N(CCCC(=O)O)C(=N)N)P(=O)(O)O. The van der Waals surface area contributed by atoms with E-state index in [2.05, 4.69) is 6.58 Å². The number of rotatable bonds is 7. The second-order valence-corrected chi connectivity index (χ2v) is 5.02. The predicted molar refractivity (Wildman–Crippen MR) is 61.5 cm³/mol. The van der Waals surface area contributed by atoms with E-state index in [9.17, 15) is 9.36 Å². The lowest BCUT2D eigenvalue weighted by molar-refractivity contribution is -0.137. The van der Waals surface area contributed by atoms with Crippen LogP contribution >= 0.6 is 7.60 Å². The highest BCUT2D eigenvalue weighted by Crippen LogP contribution is 2.43. The van der Waals surface area contributed by atoms with E-state index in [1.165, 1.54) is 0 Å². The molecule has 0 spiro atoms. The molecule has 1 unspecified atom stereocenters. The monoisotopic (exact) mass is 265 g/mol. The number of nitrogens with two attached hydrogens (primary N) is 1. The lowest BCUT2D eigenvalue weighted by atomic mass is 10.3. The molecule has 0 heterocycles. The number of carboxylic acids is 1. The van der Waals surface area contributed by atoms with Crippen LogP contribution in [0.4, 0.5) is 0 Å². The fourth-order valence-electron chi connectivity index (χ4n) is 1.24. The van der Waals surface area contributed by atoms with Gasteiger partial charge in [0.1, 0.15) is 0 Å². The number of nitrogens with zero attached hydrogens (tertiary/aromatic N) is 1. The molecule has 17 heavy (non-hydrogen) atoms. The van der Waals surface area contributed by atoms with Crippen molar-refractivity contribution < 1.29 is 24.3 Å². The van der Waals surface area contributed by atoms with Gasteiger partial charge in [-0.1, -0.05) is 6.08 Å². The van der Waals surface area contributed by atoms with Crippen LogP contribution in [-0.4, -0.2) is 44.0 Å². The maximum Gasteiger partial charge on any atom is 0.351 e. The minimum absolute atomic E-state index is 0.0383. The van der Waals surface area contributed by atoms with Crippen molar-refractivity contribution in [2.24, 2.45) is 5.73 Å². The highest BCUT2D eigenvalue weighted by atomic mass is 31.2. The third kappa shape index (κ3) is 5.48. The van der Waals surface area contributed by atoms with Crippen molar-refractivity contribution in [3.05, 3.63) is 12.7 Å². The first-order valence-corrected chi connectivity index (χ1v) is 6.38. The molecule has 0 aromatic heterocycles. The quantitative estimate of drug-likeness (QED) is 0.184. The van der Waals surface area contributed by atoms with E-state index >= 15 is 0 Å². The average molecular weight is 265 g/mol. The van der Waals surface area contributed by atoms with Gasteiger partial charge in [-0.2, -0.15) is 0 Å². The molecular weight excluding hydrogens is 249 g/mol. The zero-order chi connectivity index (χ0) is 13.6. The second-order valence-electron chi connectivity index (χ2n) is 3.31. The molecule has 0 aliphatic heterocycles. The van der Waals surface area contributed by atoms with Gasteiger partial charge in [-0.05, 0) is 6.42 Å². The molecule has 98 valence electrons. The van der Waals surface area contributed by atoms with Crippen molar-refractivity contribution in [3.8, 4) is 0 Å². The predicted octanol–water partition coefficient (Wildman–Crippen LogP) is -0.264. The summed E-state index contributed by atoms with van der Waals surface area (Å²) < 4.78 is 11.1. The van der Waals surface area contributed by atoms with Crippen LogP contribution in [0, 0.1) is 5.41 Å². The summed E-state index contributed by atoms with van der Waals surface area (Å²) in [6.07, 6.45) is 0.941. The Kier molecular flexibility index (Phi) is 5.87. The Balaban J connectivity index is 4.72. The van der Waals surface area contributed by atoms with Gasteiger partial charge in [0.25, 0.3) is 0 Å². The van der Waals surface area contributed by atoms with Crippen molar-refractivity contribution in [1.82, 2.24) is 4.90 Å². The Bertz CT molecular complexity index is 353. The number of carboxylic acid groups (broad SMARTS) is 1. The van der Waals surface area contributed by atoms with E-state index in [1.54, 1.807) is 0 Å². The van der Waals surface area contributed by atoms with Crippen LogP contribution in [0.5, 0.6) is 0 Å². The van der Waals surface area contributed by atoms with Crippen molar-refractivity contribution in [2.75, 3.05) is 6.54 Å². The summed E-state index contributed by atoms with van der Waals surface area (Å²) in [6.45, 7) is 3.23. The topological polar surface area (TPSA) is 148 Å². The zero-order valence-corrected chi connectivity index (χ0v) is 10.0. The molecule has 0 aromatic carbocycles. The van der Waals surface area contributed by atoms with Crippen LogP contribution in [-0.2, 0) is 9.36 Å². The third-order valence-electron chi connectivity index (χ3n) is 1.97. The average Bonchev–Trinajstić information content (AvgIpc) is 2.13. The lowest BCUT2D eigenvalue weighted by Gasteiger charge is -2.29. The smallest absolute Gasteiger partial charge is 0.351 e. The molecule has 9 heteroatoms. The number of aliphatic carboxylic acids is 1. The molecule has 0 aliphatic rings. The van der Waals surface area contributed by atoms with Gasteiger partial charge in [0, 0.05) is 13.0 Å². The van der Waals surface area contributed by atoms with E-state index in [-0.39, 0.29) is 19.4 Å². The number of carbonyl (C=O) groups is 1. The van der Waals surface area contributed by atoms with Gasteiger partial charge in [0.05, 0.1) is 0 Å². The summed E-state index contributed by atoms with van der Waals surface area (Å²) in [7, 11) is -4.51. The third-order valence-corrected chi connectivity index (χ3v) is 3.15. The summed E-state index contributed by atoms with van der Waals surface area (Å²) in [5.74, 6) is -2.97. The molecule has 0 aromatic rings. The highest BCUT2D eigenvalue weighted by molar-refractivity contribution is 7.52. The summed E-state index contributed by atoms with van der Waals surface area (Å²) in [4.78, 5) is 29.3. The minimum Gasteiger partial charge on any atom is -0.481 e. The van der Waals surface area contributed by atoms with E-state index in [4.69, 9.17) is 26.0 Å². The Hall–Kier alpha value is -1.37. The second kappa shape index (κ2) is 6.39. The first-order valence-electron chi connectivity index (χ1n) is 4.70. The number of hydrogen-bond donors (Lipinski definition) is 5. The van der Waals surface area contributed by atoms with Crippen molar-refractivity contribution in [1.29, 1.82) is 5.41 Å². The summed E-state index contributed by atoms with van der Waals surface area (Å²) in [5.41, 5.74) is 5.20. The van der Waals surface area contributed by atoms with Crippen molar-refractivity contribution in [2.45, 2.75) is 18.6 Å². The van der Waals surface area contributed by atoms with Crippen LogP contribution in [0.25, 0.3) is 0 Å². The van der Waals surface area contributed by atoms with Gasteiger partial charge in [0.15, 0.2) is 11.7 Å². The molecule has 8 nitrogen and oxygen atoms in total. The van der Waals surface area contributed by atoms with Crippen molar-refractivity contribution >= 4 is 19.5 Å². The van der Waals surface area contributed by atoms with E-state index in [0.717, 1.165) is 11.0 Å². The molecule has 0 saturated carbocycles. The maximum atomic E-state index is 11.1. The summed E-state index contributed by atoms with van der Waals surface area (Å²) >= 11 is 0. The molecule has 0 radical (unpaired) electrons. The molecule has 1 atom stereocenters. The highest BCUT2D eigenvalue weighted by Gasteiger charge is 2.32. The van der Waals surface area contributed by atoms with E-state index in [0.29, 0.717) is 0 Å². The maximum absolute atomic E-state index is 11.1. The van der Waals surface area contributed by atoms with Crippen LogP contribution in [0.1, 0.15) is 12.8 Å². The van der Waals surface area contributed by atoms with Gasteiger partial charge in [0.2, 0.25) is 0 Å². The fraction of sp³-hybridized carbons (Fsp3) is 0.500. The molecule has 0 fully saturated rings. The largest absolute Gasteiger partial charge is 0.481 e. The first kappa shape index (κ1) is 15.6. The molecular formula is C8H16N3O5P. The standard InChI is InChI=1S/C8H16N3O5P/c1-2-6(17(14,15)16)11(8(9)10)5-3-4-7(12)13/h2,6H,1,3-5H2,(H3,9,10)(H,12,13)(H2,14,15,16).